The van der Waals surface area contributed by atoms with Gasteiger partial charge in [0.15, 0.2) is 0 Å². The van der Waals surface area contributed by atoms with E-state index >= 15 is 0 Å². The highest BCUT2D eigenvalue weighted by Crippen LogP contribution is 2.15. The SMILES string of the molecule is CCCCCCCCCc1ccc(OCCOCCOCCOCCOCCN(C)C)cc1. The summed E-state index contributed by atoms with van der Waals surface area (Å²) in [6, 6.07) is 8.48. The van der Waals surface area contributed by atoms with E-state index in [1.807, 2.05) is 14.1 Å². The average molecular weight is 468 g/mol. The normalized spacial score (nSPS) is 11.4. The molecule has 33 heavy (non-hydrogen) atoms. The molecule has 0 N–H and O–H groups in total. The van der Waals surface area contributed by atoms with Crippen LogP contribution >= 0.6 is 0 Å². The van der Waals surface area contributed by atoms with E-state index in [-0.39, 0.29) is 0 Å². The molecular formula is C27H49NO5. The lowest BCUT2D eigenvalue weighted by Gasteiger charge is -2.10. The highest BCUT2D eigenvalue weighted by atomic mass is 16.6. The van der Waals surface area contributed by atoms with Gasteiger partial charge in [-0.1, -0.05) is 57.6 Å². The van der Waals surface area contributed by atoms with Crippen molar-refractivity contribution in [3.8, 4) is 5.75 Å². The van der Waals surface area contributed by atoms with Gasteiger partial charge in [-0.25, -0.2) is 0 Å². The van der Waals surface area contributed by atoms with E-state index in [2.05, 4.69) is 36.1 Å². The number of ether oxygens (including phenoxy) is 5. The van der Waals surface area contributed by atoms with E-state index in [0.29, 0.717) is 52.9 Å². The van der Waals surface area contributed by atoms with Gasteiger partial charge >= 0.3 is 0 Å². The molecule has 0 radical (unpaired) electrons. The first-order chi connectivity index (χ1) is 16.2. The van der Waals surface area contributed by atoms with Crippen LogP contribution in [0, 0.1) is 0 Å². The Kier molecular flexibility index (Phi) is 20.4. The van der Waals surface area contributed by atoms with Crippen molar-refractivity contribution in [2.45, 2.75) is 58.3 Å². The zero-order valence-corrected chi connectivity index (χ0v) is 21.5. The highest BCUT2D eigenvalue weighted by molar-refractivity contribution is 5.27. The van der Waals surface area contributed by atoms with Crippen LogP contribution in [-0.2, 0) is 25.4 Å². The second kappa shape index (κ2) is 22.6. The Balaban J connectivity index is 1.85. The number of hydrogen-bond acceptors (Lipinski definition) is 6. The molecule has 192 valence electrons. The van der Waals surface area contributed by atoms with Gasteiger partial charge in [0.1, 0.15) is 12.4 Å². The van der Waals surface area contributed by atoms with Gasteiger partial charge in [0, 0.05) is 6.54 Å². The van der Waals surface area contributed by atoms with Crippen molar-refractivity contribution in [3.63, 3.8) is 0 Å². The van der Waals surface area contributed by atoms with Crippen molar-refractivity contribution >= 4 is 0 Å². The van der Waals surface area contributed by atoms with Crippen LogP contribution in [0.5, 0.6) is 5.75 Å². The van der Waals surface area contributed by atoms with Crippen LogP contribution in [0.2, 0.25) is 0 Å². The summed E-state index contributed by atoms with van der Waals surface area (Å²) < 4.78 is 27.7. The lowest BCUT2D eigenvalue weighted by molar-refractivity contribution is -0.00554. The van der Waals surface area contributed by atoms with Crippen LogP contribution < -0.4 is 4.74 Å². The molecule has 0 heterocycles. The van der Waals surface area contributed by atoms with Crippen molar-refractivity contribution in [1.82, 2.24) is 4.90 Å². The number of nitrogens with zero attached hydrogens (tertiary/aromatic N) is 1. The Labute approximate surface area is 202 Å². The predicted molar refractivity (Wildman–Crippen MR) is 135 cm³/mol. The zero-order chi connectivity index (χ0) is 23.8. The van der Waals surface area contributed by atoms with Gasteiger partial charge in [-0.15, -0.1) is 0 Å². The van der Waals surface area contributed by atoms with Crippen LogP contribution in [0.4, 0.5) is 0 Å². The number of hydrogen-bond donors (Lipinski definition) is 0. The van der Waals surface area contributed by atoms with E-state index in [1.54, 1.807) is 0 Å². The van der Waals surface area contributed by atoms with Crippen molar-refractivity contribution in [2.24, 2.45) is 0 Å². The van der Waals surface area contributed by atoms with Crippen LogP contribution in [0.3, 0.4) is 0 Å². The van der Waals surface area contributed by atoms with Crippen molar-refractivity contribution in [2.75, 3.05) is 80.1 Å². The van der Waals surface area contributed by atoms with Gasteiger partial charge in [-0.05, 0) is 44.6 Å². The molecular weight excluding hydrogens is 418 g/mol. The zero-order valence-electron chi connectivity index (χ0n) is 21.5. The van der Waals surface area contributed by atoms with Crippen LogP contribution in [-0.4, -0.2) is 85.0 Å². The first kappa shape index (κ1) is 29.9. The molecule has 1 aromatic carbocycles. The minimum absolute atomic E-state index is 0.550. The standard InChI is InChI=1S/C27H49NO5/c1-4-5-6-7-8-9-10-11-26-12-14-27(15-13-26)33-25-24-32-23-22-31-21-20-30-19-18-29-17-16-28(2)3/h12-15H,4-11,16-25H2,1-3H3. The van der Waals surface area contributed by atoms with Gasteiger partial charge < -0.3 is 28.6 Å². The van der Waals surface area contributed by atoms with Crippen molar-refractivity contribution < 1.29 is 23.7 Å². The molecule has 6 heteroatoms. The summed E-state index contributed by atoms with van der Waals surface area (Å²) in [7, 11) is 4.06. The third-order valence-electron chi connectivity index (χ3n) is 5.29. The fourth-order valence-electron chi connectivity index (χ4n) is 3.27. The third-order valence-corrected chi connectivity index (χ3v) is 5.29. The minimum Gasteiger partial charge on any atom is -0.491 e. The molecule has 0 amide bonds. The van der Waals surface area contributed by atoms with E-state index in [4.69, 9.17) is 23.7 Å². The summed E-state index contributed by atoms with van der Waals surface area (Å²) in [5, 5.41) is 0. The van der Waals surface area contributed by atoms with E-state index in [0.717, 1.165) is 25.3 Å². The summed E-state index contributed by atoms with van der Waals surface area (Å²) in [4.78, 5) is 2.10. The van der Waals surface area contributed by atoms with E-state index < -0.39 is 0 Å². The summed E-state index contributed by atoms with van der Waals surface area (Å²) in [6.45, 7) is 8.55. The van der Waals surface area contributed by atoms with Crippen molar-refractivity contribution in [3.05, 3.63) is 29.8 Å². The largest absolute Gasteiger partial charge is 0.491 e. The molecule has 0 saturated carbocycles. The van der Waals surface area contributed by atoms with Gasteiger partial charge in [0.25, 0.3) is 0 Å². The first-order valence-electron chi connectivity index (χ1n) is 12.9. The van der Waals surface area contributed by atoms with Crippen LogP contribution in [0.25, 0.3) is 0 Å². The topological polar surface area (TPSA) is 49.4 Å². The first-order valence-corrected chi connectivity index (χ1v) is 12.9. The molecule has 1 rings (SSSR count). The van der Waals surface area contributed by atoms with Gasteiger partial charge in [0.2, 0.25) is 0 Å². The van der Waals surface area contributed by atoms with E-state index in [1.165, 1.54) is 50.5 Å². The Bertz CT molecular complexity index is 524. The monoisotopic (exact) mass is 467 g/mol. The summed E-state index contributed by atoms with van der Waals surface area (Å²) in [6.07, 6.45) is 10.6. The molecule has 0 aromatic heterocycles. The average Bonchev–Trinajstić information content (AvgIpc) is 2.81. The Morgan fingerprint density at radius 3 is 1.61 bits per heavy atom. The fraction of sp³-hybridized carbons (Fsp3) is 0.778. The van der Waals surface area contributed by atoms with Crippen LogP contribution in [0.15, 0.2) is 24.3 Å². The molecule has 0 spiro atoms. The predicted octanol–water partition coefficient (Wildman–Crippen LogP) is 4.99. The molecule has 0 unspecified atom stereocenters. The lowest BCUT2D eigenvalue weighted by Crippen LogP contribution is -2.19. The number of rotatable bonds is 24. The second-order valence-corrected chi connectivity index (χ2v) is 8.62. The third kappa shape index (κ3) is 20.0. The van der Waals surface area contributed by atoms with Crippen molar-refractivity contribution in [1.29, 1.82) is 0 Å². The number of benzene rings is 1. The Morgan fingerprint density at radius 2 is 1.06 bits per heavy atom. The number of aryl methyl sites for hydroxylation is 1. The maximum Gasteiger partial charge on any atom is 0.119 e. The lowest BCUT2D eigenvalue weighted by atomic mass is 10.0. The summed E-state index contributed by atoms with van der Waals surface area (Å²) >= 11 is 0. The quantitative estimate of drug-likeness (QED) is 0.200. The number of likely N-dealkylation sites (N-methyl/N-ethyl adjacent to an activating group) is 1. The molecule has 0 bridgehead atoms. The minimum atomic E-state index is 0.550. The maximum atomic E-state index is 5.75. The van der Waals surface area contributed by atoms with Crippen LogP contribution in [0.1, 0.15) is 57.4 Å². The smallest absolute Gasteiger partial charge is 0.119 e. The maximum absolute atomic E-state index is 5.75. The highest BCUT2D eigenvalue weighted by Gasteiger charge is 1.98. The molecule has 6 nitrogen and oxygen atoms in total. The van der Waals surface area contributed by atoms with Gasteiger partial charge in [-0.3, -0.25) is 0 Å². The summed E-state index contributed by atoms with van der Waals surface area (Å²) in [5.74, 6) is 0.904. The molecule has 0 saturated heterocycles. The molecule has 0 aliphatic carbocycles. The fourth-order valence-corrected chi connectivity index (χ4v) is 3.27. The number of unbranched alkanes of at least 4 members (excludes halogenated alkanes) is 6. The Morgan fingerprint density at radius 1 is 0.576 bits per heavy atom. The molecule has 0 fully saturated rings. The second-order valence-electron chi connectivity index (χ2n) is 8.62. The Hall–Kier alpha value is -1.18. The van der Waals surface area contributed by atoms with Gasteiger partial charge in [-0.2, -0.15) is 0 Å². The molecule has 1 aromatic rings. The van der Waals surface area contributed by atoms with Gasteiger partial charge in [0.05, 0.1) is 52.9 Å². The summed E-state index contributed by atoms with van der Waals surface area (Å²) in [5.41, 5.74) is 1.39. The van der Waals surface area contributed by atoms with E-state index in [9.17, 15) is 0 Å². The molecule has 0 aliphatic rings. The molecule has 0 aliphatic heterocycles. The molecule has 0 atom stereocenters.